The third kappa shape index (κ3) is 3.22. The second-order valence-corrected chi connectivity index (χ2v) is 7.13. The summed E-state index contributed by atoms with van der Waals surface area (Å²) >= 11 is 0. The summed E-state index contributed by atoms with van der Waals surface area (Å²) in [5.74, 6) is 2.99. The average Bonchev–Trinajstić information content (AvgIpc) is 3.58. The van der Waals surface area contributed by atoms with Crippen LogP contribution in [0.15, 0.2) is 59.1 Å². The molecule has 2 aromatic carbocycles. The summed E-state index contributed by atoms with van der Waals surface area (Å²) in [7, 11) is 0. The summed E-state index contributed by atoms with van der Waals surface area (Å²) in [6.07, 6.45) is 1.67. The number of hydrogen-bond donors (Lipinski definition) is 2. The number of anilines is 2. The number of aromatic nitrogens is 3. The molecule has 0 aliphatic carbocycles. The van der Waals surface area contributed by atoms with Crippen molar-refractivity contribution in [2.45, 2.75) is 6.04 Å². The lowest BCUT2D eigenvalue weighted by atomic mass is 9.99. The third-order valence-corrected chi connectivity index (χ3v) is 5.17. The van der Waals surface area contributed by atoms with E-state index in [0.29, 0.717) is 40.1 Å². The number of nitrogens with two attached hydrogens (primary N) is 1. The smallest absolute Gasteiger partial charge is 0.320 e. The second kappa shape index (κ2) is 7.43. The average molecular weight is 431 g/mol. The largest absolute Gasteiger partial charge is 0.454 e. The molecular formula is C22H17N5O5. The van der Waals surface area contributed by atoms with Crippen LogP contribution in [-0.4, -0.2) is 28.8 Å². The predicted molar refractivity (Wildman–Crippen MR) is 112 cm³/mol. The first-order chi connectivity index (χ1) is 15.7. The maximum absolute atomic E-state index is 6.54. The van der Waals surface area contributed by atoms with Crippen molar-refractivity contribution in [3.05, 3.63) is 66.0 Å². The van der Waals surface area contributed by atoms with Crippen LogP contribution in [0.4, 0.5) is 11.7 Å². The highest BCUT2D eigenvalue weighted by Crippen LogP contribution is 2.37. The molecule has 0 radical (unpaired) electrons. The number of hydrogen-bond acceptors (Lipinski definition) is 10. The quantitative estimate of drug-likeness (QED) is 0.485. The summed E-state index contributed by atoms with van der Waals surface area (Å²) in [5, 5.41) is 11.3. The van der Waals surface area contributed by atoms with Gasteiger partial charge in [0.1, 0.15) is 0 Å². The Morgan fingerprint density at radius 1 is 0.844 bits per heavy atom. The van der Waals surface area contributed by atoms with E-state index < -0.39 is 6.04 Å². The van der Waals surface area contributed by atoms with Gasteiger partial charge in [0, 0.05) is 18.0 Å². The summed E-state index contributed by atoms with van der Waals surface area (Å²) in [6, 6.07) is 14.4. The number of pyridine rings is 1. The van der Waals surface area contributed by atoms with E-state index in [0.717, 1.165) is 11.3 Å². The van der Waals surface area contributed by atoms with Crippen molar-refractivity contribution in [1.82, 2.24) is 15.2 Å². The molecule has 2 aliphatic rings. The van der Waals surface area contributed by atoms with Crippen LogP contribution in [0.2, 0.25) is 0 Å². The summed E-state index contributed by atoms with van der Waals surface area (Å²) in [4.78, 5) is 4.48. The Morgan fingerprint density at radius 2 is 1.59 bits per heavy atom. The summed E-state index contributed by atoms with van der Waals surface area (Å²) in [5.41, 5.74) is 9.34. The first kappa shape index (κ1) is 18.5. The molecule has 160 valence electrons. The number of fused-ring (bicyclic) bond motifs is 2. The molecule has 0 bridgehead atoms. The predicted octanol–water partition coefficient (Wildman–Crippen LogP) is 3.38. The van der Waals surface area contributed by atoms with Gasteiger partial charge in [-0.1, -0.05) is 11.2 Å². The first-order valence-corrected chi connectivity index (χ1v) is 9.85. The van der Waals surface area contributed by atoms with Gasteiger partial charge in [-0.25, -0.2) is 0 Å². The van der Waals surface area contributed by atoms with Crippen LogP contribution in [-0.2, 0) is 0 Å². The van der Waals surface area contributed by atoms with Gasteiger partial charge in [-0.3, -0.25) is 4.98 Å². The molecule has 10 heteroatoms. The molecule has 4 heterocycles. The molecule has 10 nitrogen and oxygen atoms in total. The zero-order valence-electron chi connectivity index (χ0n) is 16.6. The molecule has 32 heavy (non-hydrogen) atoms. The lowest BCUT2D eigenvalue weighted by Crippen LogP contribution is -2.14. The van der Waals surface area contributed by atoms with Crippen LogP contribution in [0.1, 0.15) is 17.3 Å². The molecule has 1 unspecified atom stereocenters. The molecule has 1 atom stereocenters. The highest BCUT2D eigenvalue weighted by Gasteiger charge is 2.22. The zero-order valence-corrected chi connectivity index (χ0v) is 16.6. The standard InChI is InChI=1S/C22H17N5O5/c23-19(12-3-5-15-17(8-12)30-10-28-15)20-14(2-1-7-24-20)21-26-27-22(32-21)25-13-4-6-16-18(9-13)31-11-29-16/h1-9,19H,10-11,23H2,(H,25,27). The van der Waals surface area contributed by atoms with E-state index in [1.807, 2.05) is 36.4 Å². The summed E-state index contributed by atoms with van der Waals surface area (Å²) in [6.45, 7) is 0.404. The Labute approximate surface area is 181 Å². The number of ether oxygens (including phenoxy) is 4. The van der Waals surface area contributed by atoms with E-state index in [1.54, 1.807) is 18.3 Å². The van der Waals surface area contributed by atoms with Gasteiger partial charge in [0.15, 0.2) is 23.0 Å². The fraction of sp³-hybridized carbons (Fsp3) is 0.136. The minimum Gasteiger partial charge on any atom is -0.454 e. The van der Waals surface area contributed by atoms with Crippen LogP contribution in [0.25, 0.3) is 11.5 Å². The molecule has 0 saturated heterocycles. The molecule has 0 spiro atoms. The number of nitrogens with zero attached hydrogens (tertiary/aromatic N) is 3. The van der Waals surface area contributed by atoms with E-state index in [-0.39, 0.29) is 19.6 Å². The van der Waals surface area contributed by atoms with Crippen LogP contribution in [0, 0.1) is 0 Å². The van der Waals surface area contributed by atoms with E-state index in [4.69, 9.17) is 29.1 Å². The van der Waals surface area contributed by atoms with E-state index >= 15 is 0 Å². The topological polar surface area (TPSA) is 127 Å². The molecule has 0 fully saturated rings. The van der Waals surface area contributed by atoms with Crippen molar-refractivity contribution < 1.29 is 23.4 Å². The van der Waals surface area contributed by atoms with Gasteiger partial charge in [0.2, 0.25) is 13.6 Å². The van der Waals surface area contributed by atoms with Crippen molar-refractivity contribution in [2.75, 3.05) is 18.9 Å². The van der Waals surface area contributed by atoms with Gasteiger partial charge in [-0.05, 0) is 42.0 Å². The van der Waals surface area contributed by atoms with Crippen LogP contribution in [0.3, 0.4) is 0 Å². The molecule has 0 saturated carbocycles. The Balaban J connectivity index is 1.28. The Morgan fingerprint density at radius 3 is 2.44 bits per heavy atom. The lowest BCUT2D eigenvalue weighted by Gasteiger charge is -2.14. The van der Waals surface area contributed by atoms with Gasteiger partial charge in [-0.2, -0.15) is 0 Å². The molecule has 6 rings (SSSR count). The lowest BCUT2D eigenvalue weighted by molar-refractivity contribution is 0.173. The number of rotatable bonds is 5. The molecule has 0 amide bonds. The van der Waals surface area contributed by atoms with Crippen LogP contribution in [0.5, 0.6) is 23.0 Å². The van der Waals surface area contributed by atoms with Crippen LogP contribution < -0.4 is 30.0 Å². The zero-order chi connectivity index (χ0) is 21.5. The maximum Gasteiger partial charge on any atom is 0.320 e. The molecule has 3 N–H and O–H groups in total. The maximum atomic E-state index is 6.54. The van der Waals surface area contributed by atoms with Crippen molar-refractivity contribution in [1.29, 1.82) is 0 Å². The van der Waals surface area contributed by atoms with Crippen molar-refractivity contribution in [2.24, 2.45) is 5.73 Å². The normalized spacial score (nSPS) is 14.4. The minimum atomic E-state index is -0.530. The molecule has 2 aliphatic heterocycles. The van der Waals surface area contributed by atoms with Crippen molar-refractivity contribution in [3.8, 4) is 34.5 Å². The highest BCUT2D eigenvalue weighted by molar-refractivity contribution is 5.62. The Kier molecular flexibility index (Phi) is 4.29. The molecular weight excluding hydrogens is 414 g/mol. The van der Waals surface area contributed by atoms with Gasteiger partial charge < -0.3 is 34.4 Å². The summed E-state index contributed by atoms with van der Waals surface area (Å²) < 4.78 is 27.4. The fourth-order valence-corrected chi connectivity index (χ4v) is 3.59. The SMILES string of the molecule is NC(c1ccc2c(c1)OCO2)c1ncccc1-c1nnc(Nc2ccc3c(c2)OCO3)o1. The number of nitrogens with one attached hydrogen (secondary N) is 1. The second-order valence-electron chi connectivity index (χ2n) is 7.13. The van der Waals surface area contributed by atoms with Gasteiger partial charge in [0.25, 0.3) is 5.89 Å². The van der Waals surface area contributed by atoms with Crippen molar-refractivity contribution in [3.63, 3.8) is 0 Å². The monoisotopic (exact) mass is 431 g/mol. The third-order valence-electron chi connectivity index (χ3n) is 5.17. The van der Waals surface area contributed by atoms with E-state index in [1.165, 1.54) is 0 Å². The van der Waals surface area contributed by atoms with Gasteiger partial charge in [0.05, 0.1) is 17.3 Å². The Hall–Kier alpha value is -4.31. The fourth-order valence-electron chi connectivity index (χ4n) is 3.59. The Bertz CT molecular complexity index is 1310. The number of benzene rings is 2. The minimum absolute atomic E-state index is 0.198. The van der Waals surface area contributed by atoms with Crippen LogP contribution >= 0.6 is 0 Å². The van der Waals surface area contributed by atoms with Crippen molar-refractivity contribution >= 4 is 11.7 Å². The highest BCUT2D eigenvalue weighted by atomic mass is 16.7. The molecule has 4 aromatic rings. The van der Waals surface area contributed by atoms with E-state index in [2.05, 4.69) is 20.5 Å². The van der Waals surface area contributed by atoms with Gasteiger partial charge >= 0.3 is 6.01 Å². The molecule has 2 aromatic heterocycles. The van der Waals surface area contributed by atoms with E-state index in [9.17, 15) is 0 Å². The first-order valence-electron chi connectivity index (χ1n) is 9.85. The van der Waals surface area contributed by atoms with Gasteiger partial charge in [-0.15, -0.1) is 5.10 Å².